The summed E-state index contributed by atoms with van der Waals surface area (Å²) < 4.78 is 13.2. The number of nitrogens with zero attached hydrogens (tertiary/aromatic N) is 2. The second-order valence-electron chi connectivity index (χ2n) is 6.85. The molecule has 0 saturated carbocycles. The van der Waals surface area contributed by atoms with Crippen LogP contribution in [0.25, 0.3) is 5.76 Å². The standard InChI is InChI=1S/C21H17FN2O7/c22-14-7-3-13(4-8-14)19(27)17-18(12-5-9-15(10-6-12)24(30)31)23(21(29)20(17)28)11-1-2-16(25)26/h3-10,18,27H,1-2,11H2,(H,25,26)/t18-/m1/s1. The number of carboxylic acid groups (broad SMARTS) is 1. The fourth-order valence-corrected chi connectivity index (χ4v) is 3.40. The predicted molar refractivity (Wildman–Crippen MR) is 105 cm³/mol. The van der Waals surface area contributed by atoms with Gasteiger partial charge in [-0.15, -0.1) is 0 Å². The van der Waals surface area contributed by atoms with Crippen molar-refractivity contribution in [1.82, 2.24) is 4.90 Å². The Labute approximate surface area is 175 Å². The summed E-state index contributed by atoms with van der Waals surface area (Å²) in [6, 6.07) is 8.69. The number of nitro groups is 1. The van der Waals surface area contributed by atoms with Gasteiger partial charge in [0, 0.05) is 30.7 Å². The molecule has 1 fully saturated rings. The number of carbonyl (C=O) groups excluding carboxylic acids is 2. The van der Waals surface area contributed by atoms with Gasteiger partial charge in [-0.2, -0.15) is 0 Å². The number of carboxylic acids is 1. The number of aliphatic carboxylic acids is 1. The van der Waals surface area contributed by atoms with Crippen LogP contribution in [0.15, 0.2) is 54.1 Å². The Hall–Kier alpha value is -4.08. The van der Waals surface area contributed by atoms with Gasteiger partial charge in [-0.3, -0.25) is 24.5 Å². The lowest BCUT2D eigenvalue weighted by atomic mass is 9.95. The number of aliphatic hydroxyl groups is 1. The quantitative estimate of drug-likeness (QED) is 0.227. The molecule has 0 spiro atoms. The molecule has 2 N–H and O–H groups in total. The Morgan fingerprint density at radius 1 is 1.06 bits per heavy atom. The van der Waals surface area contributed by atoms with E-state index in [0.717, 1.165) is 17.0 Å². The number of likely N-dealkylation sites (tertiary alicyclic amines) is 1. The number of benzene rings is 2. The van der Waals surface area contributed by atoms with Crippen LogP contribution in [-0.4, -0.2) is 44.2 Å². The van der Waals surface area contributed by atoms with Gasteiger partial charge in [0.2, 0.25) is 0 Å². The van der Waals surface area contributed by atoms with Crippen LogP contribution in [0.3, 0.4) is 0 Å². The summed E-state index contributed by atoms with van der Waals surface area (Å²) in [5, 5.41) is 30.6. The second-order valence-corrected chi connectivity index (χ2v) is 6.85. The maximum absolute atomic E-state index is 13.2. The first kappa shape index (κ1) is 21.6. The van der Waals surface area contributed by atoms with Crippen LogP contribution in [0, 0.1) is 15.9 Å². The van der Waals surface area contributed by atoms with Crippen molar-refractivity contribution in [3.8, 4) is 0 Å². The number of nitro benzene ring substituents is 1. The van der Waals surface area contributed by atoms with E-state index in [-0.39, 0.29) is 36.2 Å². The SMILES string of the molecule is O=C(O)CCCN1C(=O)C(=O)C(=C(O)c2ccc(F)cc2)[C@H]1c1ccc([N+](=O)[O-])cc1. The number of ketones is 1. The van der Waals surface area contributed by atoms with Crippen molar-refractivity contribution in [2.45, 2.75) is 18.9 Å². The largest absolute Gasteiger partial charge is 0.507 e. The van der Waals surface area contributed by atoms with Gasteiger partial charge in [0.25, 0.3) is 17.4 Å². The maximum atomic E-state index is 13.2. The Balaban J connectivity index is 2.10. The lowest BCUT2D eigenvalue weighted by Crippen LogP contribution is -2.31. The summed E-state index contributed by atoms with van der Waals surface area (Å²) in [7, 11) is 0. The molecule has 1 amide bonds. The third-order valence-electron chi connectivity index (χ3n) is 4.87. The highest BCUT2D eigenvalue weighted by Crippen LogP contribution is 2.39. The number of Topliss-reactive ketones (excluding diaryl/α,β-unsaturated/α-hetero) is 1. The van der Waals surface area contributed by atoms with Crippen LogP contribution in [0.2, 0.25) is 0 Å². The average Bonchev–Trinajstić information content (AvgIpc) is 2.98. The molecule has 0 bridgehead atoms. The number of aliphatic hydroxyl groups excluding tert-OH is 1. The molecule has 1 heterocycles. The third-order valence-corrected chi connectivity index (χ3v) is 4.87. The summed E-state index contributed by atoms with van der Waals surface area (Å²) in [5.41, 5.74) is -0.0356. The highest BCUT2D eigenvalue weighted by Gasteiger charge is 2.45. The number of non-ortho nitro benzene ring substituents is 1. The molecule has 3 rings (SSSR count). The molecule has 2 aromatic rings. The van der Waals surface area contributed by atoms with Crippen molar-refractivity contribution < 1.29 is 33.9 Å². The summed E-state index contributed by atoms with van der Waals surface area (Å²) in [6.45, 7) is -0.0846. The summed E-state index contributed by atoms with van der Waals surface area (Å²) in [5.74, 6) is -4.08. The van der Waals surface area contributed by atoms with Crippen molar-refractivity contribution in [3.05, 3.63) is 81.2 Å². The number of halogens is 1. The van der Waals surface area contributed by atoms with E-state index in [1.807, 2.05) is 0 Å². The number of hydrogen-bond acceptors (Lipinski definition) is 6. The third kappa shape index (κ3) is 4.42. The topological polar surface area (TPSA) is 138 Å². The molecule has 31 heavy (non-hydrogen) atoms. The molecular weight excluding hydrogens is 411 g/mol. The monoisotopic (exact) mass is 428 g/mol. The van der Waals surface area contributed by atoms with Crippen molar-refractivity contribution in [3.63, 3.8) is 0 Å². The lowest BCUT2D eigenvalue weighted by Gasteiger charge is -2.25. The van der Waals surface area contributed by atoms with Crippen LogP contribution >= 0.6 is 0 Å². The van der Waals surface area contributed by atoms with Crippen LogP contribution in [0.4, 0.5) is 10.1 Å². The lowest BCUT2D eigenvalue weighted by molar-refractivity contribution is -0.384. The molecule has 2 aromatic carbocycles. The molecule has 0 unspecified atom stereocenters. The van der Waals surface area contributed by atoms with Crippen molar-refractivity contribution >= 4 is 29.1 Å². The van der Waals surface area contributed by atoms with Crippen molar-refractivity contribution in [2.75, 3.05) is 6.54 Å². The number of carbonyl (C=O) groups is 3. The predicted octanol–water partition coefficient (Wildman–Crippen LogP) is 3.02. The van der Waals surface area contributed by atoms with Gasteiger partial charge in [0.05, 0.1) is 16.5 Å². The van der Waals surface area contributed by atoms with Crippen LogP contribution in [0.1, 0.15) is 30.0 Å². The van der Waals surface area contributed by atoms with E-state index in [1.165, 1.54) is 36.4 Å². The minimum atomic E-state index is -1.08. The zero-order valence-electron chi connectivity index (χ0n) is 16.0. The minimum absolute atomic E-state index is 0.0580. The average molecular weight is 428 g/mol. The van der Waals surface area contributed by atoms with Gasteiger partial charge < -0.3 is 15.1 Å². The summed E-state index contributed by atoms with van der Waals surface area (Å²) in [6.07, 6.45) is -0.184. The van der Waals surface area contributed by atoms with Gasteiger partial charge in [0.15, 0.2) is 0 Å². The van der Waals surface area contributed by atoms with Crippen LogP contribution in [0.5, 0.6) is 0 Å². The smallest absolute Gasteiger partial charge is 0.303 e. The van der Waals surface area contributed by atoms with Crippen LogP contribution < -0.4 is 0 Å². The molecule has 160 valence electrons. The normalized spacial score (nSPS) is 17.7. The fourth-order valence-electron chi connectivity index (χ4n) is 3.40. The molecule has 1 aliphatic rings. The van der Waals surface area contributed by atoms with E-state index >= 15 is 0 Å². The highest BCUT2D eigenvalue weighted by atomic mass is 19.1. The number of amides is 1. The Kier molecular flexibility index (Phi) is 6.10. The van der Waals surface area contributed by atoms with E-state index < -0.39 is 40.2 Å². The maximum Gasteiger partial charge on any atom is 0.303 e. The summed E-state index contributed by atoms with van der Waals surface area (Å²) >= 11 is 0. The van der Waals surface area contributed by atoms with Gasteiger partial charge in [-0.25, -0.2) is 4.39 Å². The van der Waals surface area contributed by atoms with E-state index in [4.69, 9.17) is 5.11 Å². The van der Waals surface area contributed by atoms with E-state index in [2.05, 4.69) is 0 Å². The minimum Gasteiger partial charge on any atom is -0.507 e. The number of hydrogen-bond donors (Lipinski definition) is 2. The van der Waals surface area contributed by atoms with Gasteiger partial charge in [-0.1, -0.05) is 0 Å². The first-order valence-electron chi connectivity index (χ1n) is 9.21. The summed E-state index contributed by atoms with van der Waals surface area (Å²) in [4.78, 5) is 47.7. The number of rotatable bonds is 7. The van der Waals surface area contributed by atoms with Gasteiger partial charge in [0.1, 0.15) is 11.6 Å². The molecule has 0 aliphatic carbocycles. The fraction of sp³-hybridized carbons (Fsp3) is 0.190. The van der Waals surface area contributed by atoms with Crippen LogP contribution in [-0.2, 0) is 14.4 Å². The van der Waals surface area contributed by atoms with Gasteiger partial charge >= 0.3 is 5.97 Å². The van der Waals surface area contributed by atoms with E-state index in [0.29, 0.717) is 5.56 Å². The van der Waals surface area contributed by atoms with E-state index in [9.17, 15) is 34.0 Å². The Morgan fingerprint density at radius 2 is 1.68 bits per heavy atom. The molecule has 1 atom stereocenters. The molecule has 0 radical (unpaired) electrons. The Bertz CT molecular complexity index is 1080. The highest BCUT2D eigenvalue weighted by molar-refractivity contribution is 6.46. The molecule has 9 nitrogen and oxygen atoms in total. The van der Waals surface area contributed by atoms with Crippen molar-refractivity contribution in [1.29, 1.82) is 0 Å². The van der Waals surface area contributed by atoms with E-state index in [1.54, 1.807) is 0 Å². The first-order valence-corrected chi connectivity index (χ1v) is 9.21. The first-order chi connectivity index (χ1) is 14.7. The van der Waals surface area contributed by atoms with Gasteiger partial charge in [-0.05, 0) is 48.4 Å². The molecule has 0 aromatic heterocycles. The van der Waals surface area contributed by atoms with Crippen molar-refractivity contribution in [2.24, 2.45) is 0 Å². The second kappa shape index (κ2) is 8.74. The molecule has 10 heteroatoms. The Morgan fingerprint density at radius 3 is 2.23 bits per heavy atom. The molecular formula is C21H17FN2O7. The molecule has 1 aliphatic heterocycles. The molecule has 1 saturated heterocycles. The zero-order chi connectivity index (χ0) is 22.7. The zero-order valence-corrected chi connectivity index (χ0v) is 16.0.